The summed E-state index contributed by atoms with van der Waals surface area (Å²) in [5, 5.41) is 8.83. The predicted molar refractivity (Wildman–Crippen MR) is 71.2 cm³/mol. The number of halogens is 1. The molecule has 0 unspecified atom stereocenters. The van der Waals surface area contributed by atoms with E-state index in [1.807, 2.05) is 18.2 Å². The third-order valence-electron chi connectivity index (χ3n) is 2.89. The van der Waals surface area contributed by atoms with Gasteiger partial charge >= 0.3 is 0 Å². The zero-order valence-electron chi connectivity index (χ0n) is 10.1. The van der Waals surface area contributed by atoms with E-state index in [1.54, 1.807) is 0 Å². The van der Waals surface area contributed by atoms with Crippen molar-refractivity contribution in [1.82, 2.24) is 10.2 Å². The number of nitrogens with zero attached hydrogens (tertiary/aromatic N) is 2. The summed E-state index contributed by atoms with van der Waals surface area (Å²) in [7, 11) is 0. The number of hydrogen-bond acceptors (Lipinski definition) is 2. The Hall–Kier alpha value is -1.41. The average molecular weight is 247 g/mol. The number of hydrogen-bond donors (Lipinski definition) is 0. The Morgan fingerprint density at radius 2 is 1.59 bits per heavy atom. The van der Waals surface area contributed by atoms with Crippen molar-refractivity contribution >= 4 is 11.6 Å². The molecule has 1 aromatic carbocycles. The van der Waals surface area contributed by atoms with Gasteiger partial charge in [-0.15, -0.1) is 10.2 Å². The molecule has 0 fully saturated rings. The van der Waals surface area contributed by atoms with Crippen LogP contribution in [0.2, 0.25) is 5.15 Å². The third kappa shape index (κ3) is 2.32. The van der Waals surface area contributed by atoms with Gasteiger partial charge in [-0.2, -0.15) is 0 Å². The highest BCUT2D eigenvalue weighted by atomic mass is 35.5. The minimum Gasteiger partial charge on any atom is -0.149 e. The molecule has 0 atom stereocenters. The second-order valence-electron chi connectivity index (χ2n) is 3.87. The molecule has 1 aromatic heterocycles. The highest BCUT2D eigenvalue weighted by molar-refractivity contribution is 6.30. The molecule has 0 aliphatic rings. The Bertz CT molecular complexity index is 509. The number of benzene rings is 1. The van der Waals surface area contributed by atoms with Crippen molar-refractivity contribution in [2.24, 2.45) is 0 Å². The van der Waals surface area contributed by atoms with E-state index in [0.717, 1.165) is 29.7 Å². The molecule has 1 heterocycles. The van der Waals surface area contributed by atoms with E-state index in [2.05, 4.69) is 36.2 Å². The maximum absolute atomic E-state index is 6.09. The van der Waals surface area contributed by atoms with Crippen LogP contribution < -0.4 is 0 Å². The summed E-state index contributed by atoms with van der Waals surface area (Å²) in [5.41, 5.74) is 4.37. The van der Waals surface area contributed by atoms with Gasteiger partial charge in [0.1, 0.15) is 0 Å². The largest absolute Gasteiger partial charge is 0.155 e. The quantitative estimate of drug-likeness (QED) is 0.820. The molecule has 0 spiro atoms. The molecule has 0 saturated carbocycles. The molecule has 2 aromatic rings. The second-order valence-corrected chi connectivity index (χ2v) is 4.23. The first kappa shape index (κ1) is 12.1. The Morgan fingerprint density at radius 3 is 2.18 bits per heavy atom. The van der Waals surface area contributed by atoms with Crippen molar-refractivity contribution in [3.05, 3.63) is 46.6 Å². The van der Waals surface area contributed by atoms with Crippen LogP contribution in [0.15, 0.2) is 30.3 Å². The van der Waals surface area contributed by atoms with Crippen LogP contribution in [0.4, 0.5) is 0 Å². The molecule has 0 aliphatic carbocycles. The lowest BCUT2D eigenvalue weighted by Gasteiger charge is -2.11. The number of aromatic nitrogens is 2. The molecule has 0 N–H and O–H groups in total. The van der Waals surface area contributed by atoms with Crippen LogP contribution in [0.25, 0.3) is 11.3 Å². The minimum atomic E-state index is 0.532. The van der Waals surface area contributed by atoms with Gasteiger partial charge in [0.25, 0.3) is 0 Å². The van der Waals surface area contributed by atoms with Crippen molar-refractivity contribution in [3.8, 4) is 11.3 Å². The molecule has 0 saturated heterocycles. The Labute approximate surface area is 107 Å². The van der Waals surface area contributed by atoms with E-state index < -0.39 is 0 Å². The molecular weight excluding hydrogens is 232 g/mol. The standard InChI is InChI=1S/C14H15ClN2/c1-3-11-12(4-2)14(15)17-16-13(11)10-8-6-5-7-9-10/h5-9H,3-4H2,1-2H3. The molecule has 0 amide bonds. The molecule has 2 nitrogen and oxygen atoms in total. The van der Waals surface area contributed by atoms with Crippen LogP contribution >= 0.6 is 11.6 Å². The monoisotopic (exact) mass is 246 g/mol. The lowest BCUT2D eigenvalue weighted by Crippen LogP contribution is -2.02. The van der Waals surface area contributed by atoms with Gasteiger partial charge in [0.05, 0.1) is 5.69 Å². The van der Waals surface area contributed by atoms with Crippen LogP contribution in [0, 0.1) is 0 Å². The zero-order valence-corrected chi connectivity index (χ0v) is 10.8. The topological polar surface area (TPSA) is 25.8 Å². The van der Waals surface area contributed by atoms with Crippen molar-refractivity contribution in [3.63, 3.8) is 0 Å². The van der Waals surface area contributed by atoms with Gasteiger partial charge in [-0.1, -0.05) is 55.8 Å². The molecule has 0 radical (unpaired) electrons. The van der Waals surface area contributed by atoms with Gasteiger partial charge < -0.3 is 0 Å². The SMILES string of the molecule is CCc1c(Cl)nnc(-c2ccccc2)c1CC. The van der Waals surface area contributed by atoms with E-state index >= 15 is 0 Å². The highest BCUT2D eigenvalue weighted by Crippen LogP contribution is 2.27. The van der Waals surface area contributed by atoms with Gasteiger partial charge in [-0.25, -0.2) is 0 Å². The smallest absolute Gasteiger partial charge is 0.149 e. The summed E-state index contributed by atoms with van der Waals surface area (Å²) in [6, 6.07) is 10.1. The molecule has 88 valence electrons. The maximum Gasteiger partial charge on any atom is 0.155 e. The maximum atomic E-state index is 6.09. The van der Waals surface area contributed by atoms with Crippen LogP contribution in [0.5, 0.6) is 0 Å². The summed E-state index contributed by atoms with van der Waals surface area (Å²) in [4.78, 5) is 0. The molecule has 17 heavy (non-hydrogen) atoms. The highest BCUT2D eigenvalue weighted by Gasteiger charge is 2.13. The van der Waals surface area contributed by atoms with Crippen LogP contribution in [-0.2, 0) is 12.8 Å². The van der Waals surface area contributed by atoms with Crippen molar-refractivity contribution in [2.45, 2.75) is 26.7 Å². The second kappa shape index (κ2) is 5.28. The molecule has 0 aliphatic heterocycles. The third-order valence-corrected chi connectivity index (χ3v) is 3.19. The molecular formula is C14H15ClN2. The van der Waals surface area contributed by atoms with Crippen LogP contribution in [0.3, 0.4) is 0 Å². The first-order valence-corrected chi connectivity index (χ1v) is 6.25. The van der Waals surface area contributed by atoms with E-state index in [1.165, 1.54) is 5.56 Å². The average Bonchev–Trinajstić information content (AvgIpc) is 2.39. The summed E-state index contributed by atoms with van der Waals surface area (Å²) in [6.07, 6.45) is 1.81. The Morgan fingerprint density at radius 1 is 0.941 bits per heavy atom. The van der Waals surface area contributed by atoms with Crippen LogP contribution in [0.1, 0.15) is 25.0 Å². The minimum absolute atomic E-state index is 0.532. The first-order valence-electron chi connectivity index (χ1n) is 5.87. The normalized spacial score (nSPS) is 10.5. The van der Waals surface area contributed by atoms with E-state index in [4.69, 9.17) is 11.6 Å². The van der Waals surface area contributed by atoms with E-state index in [-0.39, 0.29) is 0 Å². The van der Waals surface area contributed by atoms with Gasteiger partial charge in [-0.05, 0) is 24.0 Å². The van der Waals surface area contributed by atoms with Crippen molar-refractivity contribution < 1.29 is 0 Å². The van der Waals surface area contributed by atoms with Crippen molar-refractivity contribution in [2.75, 3.05) is 0 Å². The van der Waals surface area contributed by atoms with Gasteiger partial charge in [-0.3, -0.25) is 0 Å². The van der Waals surface area contributed by atoms with Crippen LogP contribution in [-0.4, -0.2) is 10.2 Å². The molecule has 2 rings (SSSR count). The Balaban J connectivity index is 2.63. The number of rotatable bonds is 3. The lowest BCUT2D eigenvalue weighted by atomic mass is 9.99. The van der Waals surface area contributed by atoms with E-state index in [9.17, 15) is 0 Å². The van der Waals surface area contributed by atoms with E-state index in [0.29, 0.717) is 5.15 Å². The van der Waals surface area contributed by atoms with Gasteiger partial charge in [0, 0.05) is 5.56 Å². The molecule has 0 bridgehead atoms. The fourth-order valence-electron chi connectivity index (χ4n) is 2.05. The predicted octanol–water partition coefficient (Wildman–Crippen LogP) is 3.92. The summed E-state index contributed by atoms with van der Waals surface area (Å²) in [5.74, 6) is 0. The summed E-state index contributed by atoms with van der Waals surface area (Å²) >= 11 is 6.09. The van der Waals surface area contributed by atoms with Crippen molar-refractivity contribution in [1.29, 1.82) is 0 Å². The first-order chi connectivity index (χ1) is 8.27. The fraction of sp³-hybridized carbons (Fsp3) is 0.286. The summed E-state index contributed by atoms with van der Waals surface area (Å²) in [6.45, 7) is 4.22. The Kier molecular flexibility index (Phi) is 3.75. The lowest BCUT2D eigenvalue weighted by molar-refractivity contribution is 0.936. The zero-order chi connectivity index (χ0) is 12.3. The summed E-state index contributed by atoms with van der Waals surface area (Å²) < 4.78 is 0. The van der Waals surface area contributed by atoms with Gasteiger partial charge in [0.15, 0.2) is 5.15 Å². The van der Waals surface area contributed by atoms with Gasteiger partial charge in [0.2, 0.25) is 0 Å². The fourth-order valence-corrected chi connectivity index (χ4v) is 2.34. The molecule has 3 heteroatoms.